The van der Waals surface area contributed by atoms with Gasteiger partial charge in [-0.25, -0.2) is 4.98 Å². The van der Waals surface area contributed by atoms with E-state index in [9.17, 15) is 9.59 Å². The normalized spacial score (nSPS) is 22.9. The Hall–Kier alpha value is -1.43. The van der Waals surface area contributed by atoms with Crippen molar-refractivity contribution in [3.05, 3.63) is 16.1 Å². The number of aromatic nitrogens is 1. The van der Waals surface area contributed by atoms with Crippen molar-refractivity contribution in [2.24, 2.45) is 0 Å². The number of carbonyl (C=O) groups excluding carboxylic acids is 2. The van der Waals surface area contributed by atoms with Crippen LogP contribution in [0.1, 0.15) is 41.5 Å². The summed E-state index contributed by atoms with van der Waals surface area (Å²) in [7, 11) is 0. The minimum atomic E-state index is 0.0863. The summed E-state index contributed by atoms with van der Waals surface area (Å²) in [6.45, 7) is 4.59. The fourth-order valence-corrected chi connectivity index (χ4v) is 4.00. The van der Waals surface area contributed by atoms with E-state index >= 15 is 0 Å². The maximum Gasteiger partial charge on any atom is 0.242 e. The molecule has 2 aliphatic heterocycles. The fraction of sp³-hybridized carbons (Fsp3) is 0.667. The standard InChI is InChI=1S/C15H21N3O2S/c1-11-8-16-15(21-11)12-4-2-6-17(9-12)14(20)10-18-7-3-5-13(18)19/h8,12H,2-7,9-10H2,1H3/t12-/m0/s1. The predicted molar refractivity (Wildman–Crippen MR) is 81.2 cm³/mol. The van der Waals surface area contributed by atoms with E-state index in [1.165, 1.54) is 4.88 Å². The van der Waals surface area contributed by atoms with E-state index in [-0.39, 0.29) is 18.4 Å². The van der Waals surface area contributed by atoms with Crippen LogP contribution in [0.2, 0.25) is 0 Å². The quantitative estimate of drug-likeness (QED) is 0.855. The topological polar surface area (TPSA) is 53.5 Å². The molecule has 1 atom stereocenters. The number of hydrogen-bond donors (Lipinski definition) is 0. The lowest BCUT2D eigenvalue weighted by Crippen LogP contribution is -2.44. The molecule has 2 amide bonds. The Kier molecular flexibility index (Phi) is 4.24. The summed E-state index contributed by atoms with van der Waals surface area (Å²) >= 11 is 1.73. The van der Waals surface area contributed by atoms with Crippen molar-refractivity contribution in [2.45, 2.75) is 38.5 Å². The molecule has 6 heteroatoms. The van der Waals surface area contributed by atoms with Crippen LogP contribution in [0, 0.1) is 6.92 Å². The second kappa shape index (κ2) is 6.13. The monoisotopic (exact) mass is 307 g/mol. The first kappa shape index (κ1) is 14.5. The highest BCUT2D eigenvalue weighted by atomic mass is 32.1. The molecule has 0 aliphatic carbocycles. The largest absolute Gasteiger partial charge is 0.340 e. The van der Waals surface area contributed by atoms with Gasteiger partial charge in [0.25, 0.3) is 0 Å². The van der Waals surface area contributed by atoms with Gasteiger partial charge in [0.2, 0.25) is 11.8 Å². The summed E-state index contributed by atoms with van der Waals surface area (Å²) < 4.78 is 0. The van der Waals surface area contributed by atoms with Crippen LogP contribution >= 0.6 is 11.3 Å². The summed E-state index contributed by atoms with van der Waals surface area (Å²) in [4.78, 5) is 33.3. The van der Waals surface area contributed by atoms with E-state index in [1.54, 1.807) is 16.2 Å². The average molecular weight is 307 g/mol. The van der Waals surface area contributed by atoms with E-state index < -0.39 is 0 Å². The number of hydrogen-bond acceptors (Lipinski definition) is 4. The Bertz CT molecular complexity index is 543. The van der Waals surface area contributed by atoms with Gasteiger partial charge in [-0.3, -0.25) is 9.59 Å². The van der Waals surface area contributed by atoms with E-state index in [1.807, 2.05) is 11.1 Å². The van der Waals surface area contributed by atoms with Crippen molar-refractivity contribution in [1.82, 2.24) is 14.8 Å². The van der Waals surface area contributed by atoms with Crippen LogP contribution in [0.25, 0.3) is 0 Å². The van der Waals surface area contributed by atoms with Crippen LogP contribution in [-0.2, 0) is 9.59 Å². The summed E-state index contributed by atoms with van der Waals surface area (Å²) in [5, 5.41) is 1.14. The Balaban J connectivity index is 1.60. The molecular formula is C15H21N3O2S. The maximum atomic E-state index is 12.4. The van der Waals surface area contributed by atoms with Crippen LogP contribution < -0.4 is 0 Å². The highest BCUT2D eigenvalue weighted by molar-refractivity contribution is 7.11. The zero-order valence-corrected chi connectivity index (χ0v) is 13.2. The molecule has 2 saturated heterocycles. The second-order valence-electron chi connectivity index (χ2n) is 5.91. The van der Waals surface area contributed by atoms with Crippen molar-refractivity contribution < 1.29 is 9.59 Å². The number of aryl methyl sites for hydroxylation is 1. The molecule has 3 rings (SSSR count). The number of likely N-dealkylation sites (tertiary alicyclic amines) is 2. The molecule has 114 valence electrons. The molecule has 21 heavy (non-hydrogen) atoms. The van der Waals surface area contributed by atoms with Gasteiger partial charge in [0.15, 0.2) is 0 Å². The lowest BCUT2D eigenvalue weighted by molar-refractivity contribution is -0.139. The van der Waals surface area contributed by atoms with Crippen LogP contribution in [0.4, 0.5) is 0 Å². The van der Waals surface area contributed by atoms with E-state index in [2.05, 4.69) is 11.9 Å². The molecular weight excluding hydrogens is 286 g/mol. The van der Waals surface area contributed by atoms with E-state index in [0.717, 1.165) is 43.9 Å². The smallest absolute Gasteiger partial charge is 0.242 e. The number of thiazole rings is 1. The first-order valence-corrected chi connectivity index (χ1v) is 8.43. The van der Waals surface area contributed by atoms with Gasteiger partial charge in [-0.2, -0.15) is 0 Å². The first-order chi connectivity index (χ1) is 10.1. The number of rotatable bonds is 3. The van der Waals surface area contributed by atoms with Gasteiger partial charge in [-0.15, -0.1) is 11.3 Å². The third-order valence-corrected chi connectivity index (χ3v) is 5.34. The van der Waals surface area contributed by atoms with Gasteiger partial charge >= 0.3 is 0 Å². The third-order valence-electron chi connectivity index (χ3n) is 4.26. The highest BCUT2D eigenvalue weighted by Gasteiger charge is 2.29. The Morgan fingerprint density at radius 1 is 1.43 bits per heavy atom. The summed E-state index contributed by atoms with van der Waals surface area (Å²) in [5.74, 6) is 0.561. The first-order valence-electron chi connectivity index (χ1n) is 7.61. The molecule has 1 aromatic heterocycles. The molecule has 0 radical (unpaired) electrons. The zero-order chi connectivity index (χ0) is 14.8. The van der Waals surface area contributed by atoms with Crippen LogP contribution in [0.3, 0.4) is 0 Å². The molecule has 0 aromatic carbocycles. The Morgan fingerprint density at radius 3 is 2.95 bits per heavy atom. The lowest BCUT2D eigenvalue weighted by atomic mass is 9.98. The number of piperidine rings is 1. The summed E-state index contributed by atoms with van der Waals surface area (Å²) in [6.07, 6.45) is 5.49. The molecule has 0 bridgehead atoms. The third kappa shape index (κ3) is 3.26. The molecule has 0 spiro atoms. The number of amides is 2. The average Bonchev–Trinajstić information content (AvgIpc) is 3.08. The van der Waals surface area contributed by atoms with Crippen molar-refractivity contribution >= 4 is 23.2 Å². The van der Waals surface area contributed by atoms with Gasteiger partial charge in [0.1, 0.15) is 0 Å². The molecule has 3 heterocycles. The van der Waals surface area contributed by atoms with Crippen molar-refractivity contribution in [1.29, 1.82) is 0 Å². The van der Waals surface area contributed by atoms with Crippen LogP contribution in [0.5, 0.6) is 0 Å². The maximum absolute atomic E-state index is 12.4. The van der Waals surface area contributed by atoms with Crippen LogP contribution in [0.15, 0.2) is 6.20 Å². The van der Waals surface area contributed by atoms with Gasteiger partial charge in [0.05, 0.1) is 11.6 Å². The number of carbonyl (C=O) groups is 2. The van der Waals surface area contributed by atoms with Crippen molar-refractivity contribution in [3.8, 4) is 0 Å². The van der Waals surface area contributed by atoms with E-state index in [4.69, 9.17) is 0 Å². The minimum absolute atomic E-state index is 0.0863. The summed E-state index contributed by atoms with van der Waals surface area (Å²) in [6, 6.07) is 0. The molecule has 2 aliphatic rings. The number of nitrogens with zero attached hydrogens (tertiary/aromatic N) is 3. The van der Waals surface area contributed by atoms with Gasteiger partial charge in [0, 0.05) is 43.0 Å². The van der Waals surface area contributed by atoms with Gasteiger partial charge in [-0.05, 0) is 26.2 Å². The summed E-state index contributed by atoms with van der Waals surface area (Å²) in [5.41, 5.74) is 0. The Labute approximate surface area is 129 Å². The van der Waals surface area contributed by atoms with Crippen LogP contribution in [-0.4, -0.2) is 52.8 Å². The molecule has 0 N–H and O–H groups in total. The molecule has 0 saturated carbocycles. The molecule has 1 aromatic rings. The molecule has 0 unspecified atom stereocenters. The van der Waals surface area contributed by atoms with Gasteiger partial charge < -0.3 is 9.80 Å². The SMILES string of the molecule is Cc1cnc([C@H]2CCCN(C(=O)CN3CCCC3=O)C2)s1. The predicted octanol–water partition coefficient (Wildman–Crippen LogP) is 1.78. The zero-order valence-electron chi connectivity index (χ0n) is 12.4. The minimum Gasteiger partial charge on any atom is -0.340 e. The van der Waals surface area contributed by atoms with E-state index in [0.29, 0.717) is 12.3 Å². The Morgan fingerprint density at radius 2 is 2.29 bits per heavy atom. The highest BCUT2D eigenvalue weighted by Crippen LogP contribution is 2.29. The molecule has 5 nitrogen and oxygen atoms in total. The van der Waals surface area contributed by atoms with Crippen molar-refractivity contribution in [3.63, 3.8) is 0 Å². The molecule has 2 fully saturated rings. The fourth-order valence-electron chi connectivity index (χ4n) is 3.10. The lowest BCUT2D eigenvalue weighted by Gasteiger charge is -2.33. The second-order valence-corrected chi connectivity index (χ2v) is 7.17. The van der Waals surface area contributed by atoms with Crippen molar-refractivity contribution in [2.75, 3.05) is 26.2 Å². The van der Waals surface area contributed by atoms with Gasteiger partial charge in [-0.1, -0.05) is 0 Å².